The Kier molecular flexibility index (Phi) is 11.4. The van der Waals surface area contributed by atoms with Crippen LogP contribution in [0, 0.1) is 0 Å². The van der Waals surface area contributed by atoms with E-state index in [1.54, 1.807) is 24.3 Å². The summed E-state index contributed by atoms with van der Waals surface area (Å²) in [6.07, 6.45) is 14.5. The highest BCUT2D eigenvalue weighted by Gasteiger charge is 2.11. The van der Waals surface area contributed by atoms with Crippen LogP contribution in [0.2, 0.25) is 0 Å². The van der Waals surface area contributed by atoms with Crippen LogP contribution in [0.4, 0.5) is 8.78 Å². The number of hydrogen-bond donors (Lipinski definition) is 0. The van der Waals surface area contributed by atoms with E-state index in [-0.39, 0.29) is 0 Å². The molecule has 0 aromatic heterocycles. The van der Waals surface area contributed by atoms with Gasteiger partial charge in [0.05, 0.1) is 0 Å². The van der Waals surface area contributed by atoms with E-state index in [1.807, 2.05) is 24.3 Å². The zero-order valence-corrected chi connectivity index (χ0v) is 18.9. The number of halogens is 2. The minimum Gasteiger partial charge on any atom is -0.203 e. The van der Waals surface area contributed by atoms with Gasteiger partial charge in [0, 0.05) is 11.1 Å². The maximum Gasteiger partial charge on any atom is 0.166 e. The maximum atomic E-state index is 14.7. The van der Waals surface area contributed by atoms with Crippen molar-refractivity contribution >= 4 is 11.7 Å². The Morgan fingerprint density at radius 1 is 0.500 bits per heavy atom. The van der Waals surface area contributed by atoms with Crippen LogP contribution in [0.3, 0.4) is 0 Å². The summed E-state index contributed by atoms with van der Waals surface area (Å²) in [5.74, 6) is -1.56. The Bertz CT molecular complexity index is 741. The van der Waals surface area contributed by atoms with Crippen LogP contribution < -0.4 is 0 Å². The lowest BCUT2D eigenvalue weighted by Crippen LogP contribution is -1.90. The van der Waals surface area contributed by atoms with E-state index in [4.69, 9.17) is 0 Å². The smallest absolute Gasteiger partial charge is 0.166 e. The standard InChI is InChI=1S/C28H38F2/c1-3-5-7-8-9-10-12-14-24-17-21-26(22-18-24)28(30)27(29)25-19-15-23(16-20-25)13-11-6-4-2/h15-22H,3-14H2,1-2H3/b28-27+. The molecule has 0 fully saturated rings. The van der Waals surface area contributed by atoms with Crippen molar-refractivity contribution in [1.29, 1.82) is 0 Å². The number of rotatable bonds is 14. The molecule has 0 spiro atoms. The van der Waals surface area contributed by atoms with E-state index < -0.39 is 11.7 Å². The quantitative estimate of drug-likeness (QED) is 0.214. The summed E-state index contributed by atoms with van der Waals surface area (Å²) >= 11 is 0. The lowest BCUT2D eigenvalue weighted by molar-refractivity contribution is 0.589. The fourth-order valence-electron chi connectivity index (χ4n) is 3.75. The van der Waals surface area contributed by atoms with Gasteiger partial charge in [-0.3, -0.25) is 0 Å². The fraction of sp³-hybridized carbons (Fsp3) is 0.500. The number of hydrogen-bond acceptors (Lipinski definition) is 0. The molecule has 0 radical (unpaired) electrons. The Labute approximate surface area is 182 Å². The van der Waals surface area contributed by atoms with Crippen LogP contribution in [0.5, 0.6) is 0 Å². The van der Waals surface area contributed by atoms with Gasteiger partial charge in [-0.15, -0.1) is 0 Å². The molecule has 0 heterocycles. The molecule has 0 aliphatic rings. The Morgan fingerprint density at radius 3 is 1.27 bits per heavy atom. The molecule has 2 heteroatoms. The monoisotopic (exact) mass is 412 g/mol. The summed E-state index contributed by atoms with van der Waals surface area (Å²) < 4.78 is 29.3. The minimum atomic E-state index is -0.782. The minimum absolute atomic E-state index is 0.305. The van der Waals surface area contributed by atoms with Gasteiger partial charge in [-0.25, -0.2) is 8.78 Å². The van der Waals surface area contributed by atoms with E-state index >= 15 is 0 Å². The zero-order chi connectivity index (χ0) is 21.6. The molecule has 2 aromatic rings. The van der Waals surface area contributed by atoms with Gasteiger partial charge in [0.15, 0.2) is 11.7 Å². The molecule has 0 N–H and O–H groups in total. The zero-order valence-electron chi connectivity index (χ0n) is 18.9. The first-order valence-corrected chi connectivity index (χ1v) is 11.9. The summed E-state index contributed by atoms with van der Waals surface area (Å²) in [6, 6.07) is 14.4. The summed E-state index contributed by atoms with van der Waals surface area (Å²) in [4.78, 5) is 0. The van der Waals surface area contributed by atoms with Crippen molar-refractivity contribution in [2.24, 2.45) is 0 Å². The van der Waals surface area contributed by atoms with Crippen LogP contribution in [-0.2, 0) is 12.8 Å². The molecule has 164 valence electrons. The van der Waals surface area contributed by atoms with E-state index in [1.165, 1.54) is 62.5 Å². The van der Waals surface area contributed by atoms with Gasteiger partial charge in [0.25, 0.3) is 0 Å². The summed E-state index contributed by atoms with van der Waals surface area (Å²) in [5, 5.41) is 0. The van der Waals surface area contributed by atoms with Crippen molar-refractivity contribution < 1.29 is 8.78 Å². The van der Waals surface area contributed by atoms with Crippen molar-refractivity contribution in [3.63, 3.8) is 0 Å². The molecule has 0 amide bonds. The SMILES string of the molecule is CCCCCCCCCc1ccc(/C(F)=C(\F)c2ccc(CCCCC)cc2)cc1. The Balaban J connectivity index is 1.87. The van der Waals surface area contributed by atoms with Crippen LogP contribution in [-0.4, -0.2) is 0 Å². The molecule has 0 saturated carbocycles. The third kappa shape index (κ3) is 8.42. The van der Waals surface area contributed by atoms with Crippen LogP contribution in [0.25, 0.3) is 11.7 Å². The third-order valence-electron chi connectivity index (χ3n) is 5.75. The first-order chi connectivity index (χ1) is 14.7. The van der Waals surface area contributed by atoms with E-state index in [0.29, 0.717) is 11.1 Å². The van der Waals surface area contributed by atoms with Crippen LogP contribution in [0.15, 0.2) is 48.5 Å². The summed E-state index contributed by atoms with van der Waals surface area (Å²) in [5.41, 5.74) is 2.98. The molecule has 2 aromatic carbocycles. The molecule has 0 unspecified atom stereocenters. The van der Waals surface area contributed by atoms with Gasteiger partial charge in [-0.05, 0) is 36.8 Å². The molecule has 0 atom stereocenters. The molecular formula is C28H38F2. The lowest BCUT2D eigenvalue weighted by atomic mass is 10.0. The lowest BCUT2D eigenvalue weighted by Gasteiger charge is -2.06. The van der Waals surface area contributed by atoms with Gasteiger partial charge in [-0.1, -0.05) is 114 Å². The Morgan fingerprint density at radius 2 is 0.833 bits per heavy atom. The van der Waals surface area contributed by atoms with E-state index in [2.05, 4.69) is 13.8 Å². The average molecular weight is 413 g/mol. The van der Waals surface area contributed by atoms with Crippen molar-refractivity contribution in [3.8, 4) is 0 Å². The highest BCUT2D eigenvalue weighted by atomic mass is 19.2. The van der Waals surface area contributed by atoms with E-state index in [0.717, 1.165) is 25.7 Å². The Hall–Kier alpha value is -1.96. The summed E-state index contributed by atoms with van der Waals surface area (Å²) in [6.45, 7) is 4.41. The second-order valence-electron chi connectivity index (χ2n) is 8.35. The van der Waals surface area contributed by atoms with Crippen LogP contribution >= 0.6 is 0 Å². The van der Waals surface area contributed by atoms with Gasteiger partial charge in [0.1, 0.15) is 0 Å². The van der Waals surface area contributed by atoms with Gasteiger partial charge in [-0.2, -0.15) is 0 Å². The molecule has 30 heavy (non-hydrogen) atoms. The third-order valence-corrected chi connectivity index (χ3v) is 5.75. The molecule has 0 aliphatic heterocycles. The topological polar surface area (TPSA) is 0 Å². The molecule has 2 rings (SSSR count). The maximum absolute atomic E-state index is 14.7. The summed E-state index contributed by atoms with van der Waals surface area (Å²) in [7, 11) is 0. The van der Waals surface area contributed by atoms with Crippen molar-refractivity contribution in [1.82, 2.24) is 0 Å². The van der Waals surface area contributed by atoms with Crippen molar-refractivity contribution in [3.05, 3.63) is 70.8 Å². The van der Waals surface area contributed by atoms with Crippen molar-refractivity contribution in [2.45, 2.75) is 90.9 Å². The molecule has 0 bridgehead atoms. The van der Waals surface area contributed by atoms with Crippen molar-refractivity contribution in [2.75, 3.05) is 0 Å². The number of unbranched alkanes of at least 4 members (excludes halogenated alkanes) is 8. The van der Waals surface area contributed by atoms with Crippen LogP contribution in [0.1, 0.15) is 100 Å². The first-order valence-electron chi connectivity index (χ1n) is 11.9. The normalized spacial score (nSPS) is 12.1. The highest BCUT2D eigenvalue weighted by Crippen LogP contribution is 2.29. The molecule has 0 aliphatic carbocycles. The average Bonchev–Trinajstić information content (AvgIpc) is 2.78. The van der Waals surface area contributed by atoms with Gasteiger partial charge in [0.2, 0.25) is 0 Å². The molecular weight excluding hydrogens is 374 g/mol. The predicted molar refractivity (Wildman–Crippen MR) is 127 cm³/mol. The fourth-order valence-corrected chi connectivity index (χ4v) is 3.75. The number of benzene rings is 2. The molecule has 0 nitrogen and oxygen atoms in total. The second kappa shape index (κ2) is 14.1. The largest absolute Gasteiger partial charge is 0.203 e. The van der Waals surface area contributed by atoms with E-state index in [9.17, 15) is 8.78 Å². The van der Waals surface area contributed by atoms with Gasteiger partial charge < -0.3 is 0 Å². The molecule has 0 saturated heterocycles. The number of aryl methyl sites for hydroxylation is 2. The first kappa shape index (κ1) is 24.3. The predicted octanol–water partition coefficient (Wildman–Crippen LogP) is 9.48. The second-order valence-corrected chi connectivity index (χ2v) is 8.35. The van der Waals surface area contributed by atoms with Gasteiger partial charge >= 0.3 is 0 Å². The highest BCUT2D eigenvalue weighted by molar-refractivity contribution is 5.83.